The van der Waals surface area contributed by atoms with Gasteiger partial charge < -0.3 is 34.1 Å². The number of hydrogen-bond acceptors (Lipinski definition) is 12. The van der Waals surface area contributed by atoms with Gasteiger partial charge in [-0.2, -0.15) is 5.06 Å². The van der Waals surface area contributed by atoms with Gasteiger partial charge in [0, 0.05) is 37.3 Å². The molecule has 4 aliphatic heterocycles. The van der Waals surface area contributed by atoms with E-state index in [-0.39, 0.29) is 32.7 Å². The molecule has 13 heteroatoms. The van der Waals surface area contributed by atoms with Crippen LogP contribution in [0.25, 0.3) is 6.08 Å². The minimum absolute atomic E-state index is 0.0165. The first-order valence-corrected chi connectivity index (χ1v) is 18.5. The maximum Gasteiger partial charge on any atom is 0.348 e. The highest BCUT2D eigenvalue weighted by atomic mass is 16.8. The molecule has 1 saturated carbocycles. The Labute approximate surface area is 299 Å². The molecule has 1 aliphatic carbocycles. The molecule has 1 aromatic rings. The average Bonchev–Trinajstić information content (AvgIpc) is 3.74. The van der Waals surface area contributed by atoms with Crippen LogP contribution in [0.5, 0.6) is 0 Å². The molecule has 0 aromatic heterocycles. The highest BCUT2D eigenvalue weighted by Crippen LogP contribution is 2.58. The molecule has 0 unspecified atom stereocenters. The molecule has 5 fully saturated rings. The van der Waals surface area contributed by atoms with Crippen molar-refractivity contribution in [2.75, 3.05) is 19.8 Å². The van der Waals surface area contributed by atoms with Crippen LogP contribution in [0.1, 0.15) is 96.6 Å². The Morgan fingerprint density at radius 2 is 1.73 bits per heavy atom. The molecular formula is C38H52N2O11. The zero-order valence-corrected chi connectivity index (χ0v) is 30.1. The fourth-order valence-corrected chi connectivity index (χ4v) is 8.29. The van der Waals surface area contributed by atoms with Crippen LogP contribution in [0.15, 0.2) is 30.3 Å². The number of carbonyl (C=O) groups excluding carboxylic acids is 4. The Morgan fingerprint density at radius 3 is 2.39 bits per heavy atom. The molecule has 7 atom stereocenters. The van der Waals surface area contributed by atoms with Crippen molar-refractivity contribution in [3.05, 3.63) is 41.5 Å². The lowest BCUT2D eigenvalue weighted by atomic mass is 9.62. The normalized spacial score (nSPS) is 31.7. The van der Waals surface area contributed by atoms with Gasteiger partial charge in [0.2, 0.25) is 12.0 Å². The molecular weight excluding hydrogens is 660 g/mol. The summed E-state index contributed by atoms with van der Waals surface area (Å²) in [4.78, 5) is 59.8. The van der Waals surface area contributed by atoms with Crippen molar-refractivity contribution in [3.8, 4) is 0 Å². The number of aliphatic hydroxyl groups excluding tert-OH is 1. The fraction of sp³-hybridized carbons (Fsp3) is 0.684. The van der Waals surface area contributed by atoms with Gasteiger partial charge in [0.25, 0.3) is 0 Å². The van der Waals surface area contributed by atoms with E-state index >= 15 is 0 Å². The quantitative estimate of drug-likeness (QED) is 0.111. The zero-order valence-electron chi connectivity index (χ0n) is 30.1. The Morgan fingerprint density at radius 1 is 1.02 bits per heavy atom. The summed E-state index contributed by atoms with van der Waals surface area (Å²) in [6.07, 6.45) is 6.47. The van der Waals surface area contributed by atoms with Crippen LogP contribution >= 0.6 is 0 Å². The number of unbranched alkanes of at least 4 members (excludes halogenated alkanes) is 4. The van der Waals surface area contributed by atoms with E-state index < -0.39 is 77.0 Å². The van der Waals surface area contributed by atoms with Gasteiger partial charge in [0.05, 0.1) is 13.2 Å². The lowest BCUT2D eigenvalue weighted by Gasteiger charge is -2.48. The number of esters is 3. The highest BCUT2D eigenvalue weighted by Gasteiger charge is 2.76. The number of nitrogens with one attached hydrogen (secondary N) is 1. The topological polar surface area (TPSA) is 159 Å². The van der Waals surface area contributed by atoms with Gasteiger partial charge in [0.15, 0.2) is 11.8 Å². The minimum atomic E-state index is -1.36. The van der Waals surface area contributed by atoms with Crippen LogP contribution in [0.2, 0.25) is 0 Å². The summed E-state index contributed by atoms with van der Waals surface area (Å²) in [6.45, 7) is 7.87. The number of rotatable bonds is 16. The highest BCUT2D eigenvalue weighted by molar-refractivity contribution is 5.94. The minimum Gasteiger partial charge on any atom is -0.462 e. The molecule has 51 heavy (non-hydrogen) atoms. The number of benzene rings is 1. The Balaban J connectivity index is 1.28. The number of cyclic esters (lactones) is 1. The number of hydroxylamine groups is 2. The van der Waals surface area contributed by atoms with Gasteiger partial charge in [-0.25, -0.2) is 9.59 Å². The second kappa shape index (κ2) is 15.3. The molecule has 4 heterocycles. The molecule has 6 rings (SSSR count). The number of aliphatic hydroxyl groups is 1. The van der Waals surface area contributed by atoms with E-state index in [1.165, 1.54) is 11.1 Å². The smallest absolute Gasteiger partial charge is 0.348 e. The van der Waals surface area contributed by atoms with Crippen LogP contribution in [0.4, 0.5) is 0 Å². The van der Waals surface area contributed by atoms with Crippen molar-refractivity contribution in [1.82, 2.24) is 10.4 Å². The largest absolute Gasteiger partial charge is 0.462 e. The maximum absolute atomic E-state index is 14.2. The Hall–Kier alpha value is -3.36. The first-order chi connectivity index (χ1) is 24.5. The molecule has 280 valence electrons. The summed E-state index contributed by atoms with van der Waals surface area (Å²) < 4.78 is 30.3. The second-order valence-corrected chi connectivity index (χ2v) is 15.1. The number of hydrogen-bond donors (Lipinski definition) is 2. The number of nitrogens with zero attached hydrogens (tertiary/aromatic N) is 1. The summed E-state index contributed by atoms with van der Waals surface area (Å²) in [7, 11) is 0. The van der Waals surface area contributed by atoms with Crippen LogP contribution in [0.3, 0.4) is 0 Å². The van der Waals surface area contributed by atoms with Gasteiger partial charge >= 0.3 is 17.9 Å². The Kier molecular flexibility index (Phi) is 11.2. The average molecular weight is 713 g/mol. The molecule has 2 N–H and O–H groups in total. The van der Waals surface area contributed by atoms with E-state index in [0.717, 1.165) is 38.5 Å². The van der Waals surface area contributed by atoms with E-state index in [9.17, 15) is 24.3 Å². The van der Waals surface area contributed by atoms with Crippen molar-refractivity contribution in [1.29, 1.82) is 0 Å². The van der Waals surface area contributed by atoms with Crippen molar-refractivity contribution >= 4 is 29.9 Å². The third kappa shape index (κ3) is 7.20. The van der Waals surface area contributed by atoms with Crippen LogP contribution in [0, 0.1) is 10.8 Å². The van der Waals surface area contributed by atoms with Gasteiger partial charge in [-0.3, -0.25) is 14.4 Å². The lowest BCUT2D eigenvalue weighted by Crippen LogP contribution is -2.69. The van der Waals surface area contributed by atoms with E-state index in [0.29, 0.717) is 24.0 Å². The summed E-state index contributed by atoms with van der Waals surface area (Å²) >= 11 is 0. The van der Waals surface area contributed by atoms with Crippen molar-refractivity contribution < 1.29 is 52.8 Å². The van der Waals surface area contributed by atoms with Crippen LogP contribution < -0.4 is 5.32 Å². The van der Waals surface area contributed by atoms with E-state index in [1.807, 2.05) is 18.2 Å². The van der Waals surface area contributed by atoms with E-state index in [4.69, 9.17) is 28.5 Å². The second-order valence-electron chi connectivity index (χ2n) is 15.1. The molecule has 5 aliphatic rings. The van der Waals surface area contributed by atoms with Crippen molar-refractivity contribution in [2.45, 2.75) is 134 Å². The molecule has 1 aromatic carbocycles. The van der Waals surface area contributed by atoms with Gasteiger partial charge in [0.1, 0.15) is 36.4 Å². The van der Waals surface area contributed by atoms with Crippen LogP contribution in [-0.2, 0) is 54.2 Å². The monoisotopic (exact) mass is 712 g/mol. The molecule has 2 bridgehead atoms. The number of ether oxygens (including phenoxy) is 5. The van der Waals surface area contributed by atoms with Crippen molar-refractivity contribution in [2.24, 2.45) is 10.8 Å². The lowest BCUT2D eigenvalue weighted by molar-refractivity contribution is -0.224. The Bertz CT molecular complexity index is 1490. The summed E-state index contributed by atoms with van der Waals surface area (Å²) in [5.74, 6) is -3.15. The number of fused-ring (bicyclic) bond motifs is 4. The molecule has 13 nitrogen and oxygen atoms in total. The predicted octanol–water partition coefficient (Wildman–Crippen LogP) is 3.74. The summed E-state index contributed by atoms with van der Waals surface area (Å²) in [6, 6.07) is 6.18. The standard InChI is InChI=1S/C38H52N2O11/c1-5-7-11-17-37(18-12-8-6-2)49-28-26-21-38(35(45)39-19-20-41)30(33(43)47-26)40(51-31(38)29(28)50-37)22-25-14-10-9-13-24(25)15-16-27(42)48-32-34(44)46-23-36(32,3)4/h9-10,13-16,26,28-32,41H,5-8,11-12,17-23H2,1-4H3,(H,39,45)/t26-,28+,29+,30-,31-,32+,38-/m1/s1. The maximum atomic E-state index is 14.2. The number of amides is 1. The fourth-order valence-electron chi connectivity index (χ4n) is 8.29. The third-order valence-corrected chi connectivity index (χ3v) is 10.9. The van der Waals surface area contributed by atoms with Crippen LogP contribution in [-0.4, -0.2) is 96.1 Å². The van der Waals surface area contributed by atoms with E-state index in [2.05, 4.69) is 19.2 Å². The SMILES string of the molecule is CCCCCC1(CCCCC)O[C@@H]2[C@H](O1)[C@H]1ON(Cc3ccccc3C=CC(=O)O[C@H]3C(=O)OCC3(C)C)[C@@H]3C(=O)O[C@@H]2C[C@]13C(=O)NCCO. The molecule has 0 spiro atoms. The zero-order chi connectivity index (χ0) is 36.4. The molecule has 1 amide bonds. The third-order valence-electron chi connectivity index (χ3n) is 10.9. The van der Waals surface area contributed by atoms with Gasteiger partial charge in [-0.15, -0.1) is 0 Å². The van der Waals surface area contributed by atoms with E-state index in [1.54, 1.807) is 26.0 Å². The molecule has 0 radical (unpaired) electrons. The summed E-state index contributed by atoms with van der Waals surface area (Å²) in [5, 5.41) is 13.9. The first kappa shape index (κ1) is 37.4. The summed E-state index contributed by atoms with van der Waals surface area (Å²) in [5.41, 5.74) is -0.658. The van der Waals surface area contributed by atoms with Crippen molar-refractivity contribution in [3.63, 3.8) is 0 Å². The molecule has 4 saturated heterocycles. The first-order valence-electron chi connectivity index (χ1n) is 18.5. The van der Waals surface area contributed by atoms with Gasteiger partial charge in [-0.05, 0) is 30.0 Å². The number of carbonyl (C=O) groups is 4. The predicted molar refractivity (Wildman–Crippen MR) is 182 cm³/mol. The van der Waals surface area contributed by atoms with Gasteiger partial charge in [-0.1, -0.05) is 77.6 Å².